The summed E-state index contributed by atoms with van der Waals surface area (Å²) in [5.74, 6) is -1.73. The highest BCUT2D eigenvalue weighted by molar-refractivity contribution is 7.90. The van der Waals surface area contributed by atoms with Gasteiger partial charge in [0.1, 0.15) is 5.57 Å². The van der Waals surface area contributed by atoms with Crippen LogP contribution in [-0.4, -0.2) is 52.7 Å². The van der Waals surface area contributed by atoms with E-state index in [0.29, 0.717) is 5.69 Å². The van der Waals surface area contributed by atoms with Gasteiger partial charge in [-0.3, -0.25) is 9.59 Å². The largest absolute Gasteiger partial charge is 0.308 e. The number of nitrogens with zero attached hydrogens (tertiary/aromatic N) is 5. The first-order valence-corrected chi connectivity index (χ1v) is 14.5. The van der Waals surface area contributed by atoms with Crippen LogP contribution < -0.4 is 9.62 Å². The highest BCUT2D eigenvalue weighted by Crippen LogP contribution is 2.28. The van der Waals surface area contributed by atoms with Crippen LogP contribution in [0.15, 0.2) is 66.2 Å². The van der Waals surface area contributed by atoms with E-state index in [1.54, 1.807) is 35.9 Å². The van der Waals surface area contributed by atoms with Gasteiger partial charge in [0.15, 0.2) is 5.82 Å². The zero-order chi connectivity index (χ0) is 27.0. The average Bonchev–Trinajstić information content (AvgIpc) is 3.41. The SMILES string of the molecule is CCN(C(=O)C(=Cc1nnnn1C1CCCCC1)C(=O)NS(=O)(=O)CCc1ccccc1)c1ccccc1. The standard InChI is InChI=1S/C27H32N6O4S/c1-2-32(22-14-8-4-9-15-22)27(35)24(20-25-28-30-31-33(25)23-16-10-5-11-17-23)26(34)29-38(36,37)19-18-21-12-6-3-7-13-21/h3-4,6-9,12-15,20,23H,2,5,10-11,16-19H2,1H3,(H,29,34). The van der Waals surface area contributed by atoms with Crippen LogP contribution in [0.25, 0.3) is 6.08 Å². The second-order valence-electron chi connectivity index (χ2n) is 9.20. The van der Waals surface area contributed by atoms with E-state index in [1.807, 2.05) is 36.4 Å². The topological polar surface area (TPSA) is 127 Å². The number of benzene rings is 2. The van der Waals surface area contributed by atoms with E-state index in [1.165, 1.54) is 11.0 Å². The third kappa shape index (κ3) is 6.91. The lowest BCUT2D eigenvalue weighted by Crippen LogP contribution is -2.41. The van der Waals surface area contributed by atoms with Crippen molar-refractivity contribution in [1.82, 2.24) is 24.9 Å². The monoisotopic (exact) mass is 536 g/mol. The van der Waals surface area contributed by atoms with Gasteiger partial charge in [0.25, 0.3) is 11.8 Å². The number of sulfonamides is 1. The van der Waals surface area contributed by atoms with Crippen molar-refractivity contribution < 1.29 is 18.0 Å². The molecule has 0 atom stereocenters. The maximum absolute atomic E-state index is 13.7. The third-order valence-corrected chi connectivity index (χ3v) is 7.81. The molecule has 0 radical (unpaired) electrons. The van der Waals surface area contributed by atoms with E-state index < -0.39 is 21.8 Å². The van der Waals surface area contributed by atoms with Crippen LogP contribution in [0.2, 0.25) is 0 Å². The number of rotatable bonds is 10. The maximum Gasteiger partial charge on any atom is 0.270 e. The van der Waals surface area contributed by atoms with E-state index in [9.17, 15) is 18.0 Å². The molecule has 200 valence electrons. The number of anilines is 1. The number of hydrogen-bond donors (Lipinski definition) is 1. The maximum atomic E-state index is 13.7. The minimum atomic E-state index is -4.03. The highest BCUT2D eigenvalue weighted by Gasteiger charge is 2.29. The summed E-state index contributed by atoms with van der Waals surface area (Å²) >= 11 is 0. The molecule has 1 heterocycles. The molecule has 1 aliphatic rings. The fraction of sp³-hybridized carbons (Fsp3) is 0.370. The summed E-state index contributed by atoms with van der Waals surface area (Å²) in [5.41, 5.74) is 1.05. The number of hydrogen-bond acceptors (Lipinski definition) is 7. The molecule has 10 nitrogen and oxygen atoms in total. The van der Waals surface area contributed by atoms with Crippen molar-refractivity contribution >= 4 is 33.6 Å². The second-order valence-corrected chi connectivity index (χ2v) is 11.0. The Hall–Kier alpha value is -3.86. The summed E-state index contributed by atoms with van der Waals surface area (Å²) in [4.78, 5) is 28.5. The van der Waals surface area contributed by atoms with Crippen molar-refractivity contribution in [3.8, 4) is 0 Å². The Balaban J connectivity index is 1.64. The van der Waals surface area contributed by atoms with Crippen molar-refractivity contribution in [1.29, 1.82) is 0 Å². The minimum absolute atomic E-state index is 0.0513. The molecule has 38 heavy (non-hydrogen) atoms. The summed E-state index contributed by atoms with van der Waals surface area (Å²) < 4.78 is 29.4. The highest BCUT2D eigenvalue weighted by atomic mass is 32.2. The zero-order valence-electron chi connectivity index (χ0n) is 21.4. The van der Waals surface area contributed by atoms with E-state index in [4.69, 9.17) is 0 Å². The fourth-order valence-corrected chi connectivity index (χ4v) is 5.57. The predicted molar refractivity (Wildman–Crippen MR) is 144 cm³/mol. The predicted octanol–water partition coefficient (Wildman–Crippen LogP) is 3.30. The lowest BCUT2D eigenvalue weighted by atomic mass is 9.95. The van der Waals surface area contributed by atoms with E-state index in [-0.39, 0.29) is 36.2 Å². The van der Waals surface area contributed by atoms with Gasteiger partial charge in [0.05, 0.1) is 11.8 Å². The lowest BCUT2D eigenvalue weighted by Gasteiger charge is -2.23. The number of carbonyl (C=O) groups is 2. The molecule has 1 aliphatic carbocycles. The average molecular weight is 537 g/mol. The number of likely N-dealkylation sites (N-methyl/N-ethyl adjacent to an activating group) is 1. The van der Waals surface area contributed by atoms with Gasteiger partial charge >= 0.3 is 0 Å². The van der Waals surface area contributed by atoms with Crippen molar-refractivity contribution in [3.05, 3.63) is 77.6 Å². The summed E-state index contributed by atoms with van der Waals surface area (Å²) in [6.07, 6.45) is 6.51. The third-order valence-electron chi connectivity index (χ3n) is 6.57. The molecule has 0 bridgehead atoms. The molecular weight excluding hydrogens is 504 g/mol. The smallest absolute Gasteiger partial charge is 0.270 e. The van der Waals surface area contributed by atoms with Crippen LogP contribution in [-0.2, 0) is 26.0 Å². The minimum Gasteiger partial charge on any atom is -0.308 e. The van der Waals surface area contributed by atoms with E-state index in [2.05, 4.69) is 20.2 Å². The number of aryl methyl sites for hydroxylation is 1. The number of para-hydroxylation sites is 1. The Morgan fingerprint density at radius 2 is 1.68 bits per heavy atom. The second kappa shape index (κ2) is 12.6. The molecule has 2 amide bonds. The summed E-state index contributed by atoms with van der Waals surface area (Å²) in [6.45, 7) is 2.05. The first kappa shape index (κ1) is 27.2. The number of nitrogens with one attached hydrogen (secondary N) is 1. The number of carbonyl (C=O) groups excluding carboxylic acids is 2. The van der Waals surface area contributed by atoms with E-state index in [0.717, 1.165) is 37.7 Å². The van der Waals surface area contributed by atoms with Gasteiger partial charge in [-0.2, -0.15) is 0 Å². The molecule has 0 saturated heterocycles. The first-order chi connectivity index (χ1) is 18.4. The van der Waals surface area contributed by atoms with Crippen molar-refractivity contribution in [3.63, 3.8) is 0 Å². The Kier molecular flexibility index (Phi) is 9.01. The Morgan fingerprint density at radius 3 is 2.34 bits per heavy atom. The molecule has 2 aromatic carbocycles. The molecule has 11 heteroatoms. The summed E-state index contributed by atoms with van der Waals surface area (Å²) in [6, 6.07) is 18.1. The van der Waals surface area contributed by atoms with Crippen LogP contribution in [0, 0.1) is 0 Å². The molecule has 0 spiro atoms. The van der Waals surface area contributed by atoms with Gasteiger partial charge in [-0.05, 0) is 54.3 Å². The Bertz CT molecular complexity index is 1370. The van der Waals surface area contributed by atoms with Crippen LogP contribution in [0.3, 0.4) is 0 Å². The van der Waals surface area contributed by atoms with Gasteiger partial charge in [0, 0.05) is 18.3 Å². The van der Waals surface area contributed by atoms with Crippen molar-refractivity contribution in [2.24, 2.45) is 0 Å². The Morgan fingerprint density at radius 1 is 1.03 bits per heavy atom. The molecule has 0 unspecified atom stereocenters. The molecule has 0 aliphatic heterocycles. The lowest BCUT2D eigenvalue weighted by molar-refractivity contribution is -0.121. The van der Waals surface area contributed by atoms with Crippen molar-refractivity contribution in [2.75, 3.05) is 17.2 Å². The van der Waals surface area contributed by atoms with Gasteiger partial charge in [-0.25, -0.2) is 17.8 Å². The molecule has 3 aromatic rings. The van der Waals surface area contributed by atoms with Crippen LogP contribution >= 0.6 is 0 Å². The number of tetrazole rings is 1. The van der Waals surface area contributed by atoms with Crippen LogP contribution in [0.4, 0.5) is 5.69 Å². The van der Waals surface area contributed by atoms with Gasteiger partial charge in [-0.1, -0.05) is 67.8 Å². The van der Waals surface area contributed by atoms with Gasteiger partial charge in [0.2, 0.25) is 10.0 Å². The normalized spacial score (nSPS) is 14.7. The fourth-order valence-electron chi connectivity index (χ4n) is 4.58. The van der Waals surface area contributed by atoms with Gasteiger partial charge in [-0.15, -0.1) is 5.10 Å². The molecule has 1 saturated carbocycles. The quantitative estimate of drug-likeness (QED) is 0.239. The van der Waals surface area contributed by atoms with Crippen LogP contribution in [0.1, 0.15) is 56.5 Å². The number of aromatic nitrogens is 4. The zero-order valence-corrected chi connectivity index (χ0v) is 22.2. The Labute approximate surface area is 222 Å². The molecule has 1 N–H and O–H groups in total. The molecular formula is C27H32N6O4S. The molecule has 1 aromatic heterocycles. The molecule has 4 rings (SSSR count). The summed E-state index contributed by atoms with van der Waals surface area (Å²) in [5, 5.41) is 11.9. The van der Waals surface area contributed by atoms with Crippen molar-refractivity contribution in [2.45, 2.75) is 51.5 Å². The summed E-state index contributed by atoms with van der Waals surface area (Å²) in [7, 11) is -4.03. The number of amides is 2. The van der Waals surface area contributed by atoms with Gasteiger partial charge < -0.3 is 4.90 Å². The van der Waals surface area contributed by atoms with Crippen LogP contribution in [0.5, 0.6) is 0 Å². The molecule has 1 fully saturated rings. The first-order valence-electron chi connectivity index (χ1n) is 12.8. The van der Waals surface area contributed by atoms with E-state index >= 15 is 0 Å².